The quantitative estimate of drug-likeness (QED) is 0.286. The van der Waals surface area contributed by atoms with Crippen molar-refractivity contribution in [2.24, 2.45) is 4.99 Å². The number of thiazole rings is 1. The Balaban J connectivity index is 1.12. The van der Waals surface area contributed by atoms with Crippen LogP contribution in [-0.4, -0.2) is 23.2 Å². The molecule has 0 radical (unpaired) electrons. The minimum atomic E-state index is 0.399. The summed E-state index contributed by atoms with van der Waals surface area (Å²) in [6, 6.07) is 25.2. The first-order chi connectivity index (χ1) is 15.2. The van der Waals surface area contributed by atoms with E-state index in [9.17, 15) is 0 Å². The molecule has 31 heavy (non-hydrogen) atoms. The zero-order chi connectivity index (χ0) is 21.0. The van der Waals surface area contributed by atoms with E-state index < -0.39 is 0 Å². The fraction of sp³-hybridized carbons (Fsp3) is 0.167. The molecule has 156 valence electrons. The van der Waals surface area contributed by atoms with Crippen molar-refractivity contribution in [2.75, 3.05) is 23.7 Å². The lowest BCUT2D eigenvalue weighted by Gasteiger charge is -2.10. The maximum atomic E-state index is 4.67. The van der Waals surface area contributed by atoms with Gasteiger partial charge in [0.25, 0.3) is 0 Å². The molecular weight excluding hydrogens is 440 g/mol. The average Bonchev–Trinajstić information content (AvgIpc) is 3.42. The third-order valence-electron chi connectivity index (χ3n) is 5.09. The van der Waals surface area contributed by atoms with E-state index in [4.69, 9.17) is 0 Å². The molecule has 0 spiro atoms. The summed E-state index contributed by atoms with van der Waals surface area (Å²) in [5.41, 5.74) is 4.71. The Bertz CT molecular complexity index is 1200. The molecular formula is C24H22N4S3. The molecule has 1 atom stereocenters. The van der Waals surface area contributed by atoms with E-state index in [-0.39, 0.29) is 0 Å². The Kier molecular flexibility index (Phi) is 6.15. The van der Waals surface area contributed by atoms with E-state index >= 15 is 0 Å². The zero-order valence-electron chi connectivity index (χ0n) is 16.8. The van der Waals surface area contributed by atoms with Crippen molar-refractivity contribution >= 4 is 61.9 Å². The van der Waals surface area contributed by atoms with Gasteiger partial charge < -0.3 is 10.6 Å². The molecule has 2 N–H and O–H groups in total. The van der Waals surface area contributed by atoms with Crippen LogP contribution in [0, 0.1) is 0 Å². The van der Waals surface area contributed by atoms with Crippen molar-refractivity contribution in [1.82, 2.24) is 4.98 Å². The van der Waals surface area contributed by atoms with Gasteiger partial charge in [0, 0.05) is 17.1 Å². The van der Waals surface area contributed by atoms with Crippen molar-refractivity contribution in [3.8, 4) is 0 Å². The van der Waals surface area contributed by atoms with E-state index in [1.165, 1.54) is 11.1 Å². The zero-order valence-corrected chi connectivity index (χ0v) is 19.3. The number of nitrogens with one attached hydrogen (secondary N) is 2. The van der Waals surface area contributed by atoms with Gasteiger partial charge in [-0.05, 0) is 47.9 Å². The number of benzene rings is 3. The third kappa shape index (κ3) is 5.06. The molecule has 0 bridgehead atoms. The number of thioether (sulfide) groups is 1. The first-order valence-corrected chi connectivity index (χ1v) is 12.3. The van der Waals surface area contributed by atoms with E-state index in [2.05, 4.69) is 93.9 Å². The van der Waals surface area contributed by atoms with Crippen LogP contribution in [0.3, 0.4) is 0 Å². The predicted octanol–water partition coefficient (Wildman–Crippen LogP) is 6.50. The van der Waals surface area contributed by atoms with Gasteiger partial charge in [-0.1, -0.05) is 65.6 Å². The van der Waals surface area contributed by atoms with Crippen molar-refractivity contribution in [1.29, 1.82) is 0 Å². The lowest BCUT2D eigenvalue weighted by molar-refractivity contribution is 0.966. The summed E-state index contributed by atoms with van der Waals surface area (Å²) < 4.78 is 1.16. The number of hydrogen-bond acceptors (Lipinski definition) is 7. The normalized spacial score (nSPS) is 15.8. The minimum Gasteiger partial charge on any atom is -0.361 e. The summed E-state index contributed by atoms with van der Waals surface area (Å²) in [7, 11) is 0. The summed E-state index contributed by atoms with van der Waals surface area (Å²) in [5, 5.41) is 9.24. The van der Waals surface area contributed by atoms with Gasteiger partial charge in [-0.2, -0.15) is 0 Å². The van der Waals surface area contributed by atoms with Crippen LogP contribution in [0.2, 0.25) is 0 Å². The van der Waals surface area contributed by atoms with E-state index in [0.717, 1.165) is 50.6 Å². The number of rotatable bonds is 6. The Labute approximate surface area is 195 Å². The molecule has 4 nitrogen and oxygen atoms in total. The second kappa shape index (κ2) is 9.34. The fourth-order valence-corrected chi connectivity index (χ4v) is 5.73. The number of fused-ring (bicyclic) bond motifs is 1. The molecule has 5 rings (SSSR count). The second-order valence-electron chi connectivity index (χ2n) is 7.33. The van der Waals surface area contributed by atoms with E-state index in [0.29, 0.717) is 5.25 Å². The molecule has 0 aliphatic carbocycles. The first kappa shape index (κ1) is 20.4. The molecule has 0 saturated carbocycles. The molecule has 0 amide bonds. The largest absolute Gasteiger partial charge is 0.361 e. The lowest BCUT2D eigenvalue weighted by atomic mass is 10.1. The Morgan fingerprint density at radius 1 is 1.00 bits per heavy atom. The summed E-state index contributed by atoms with van der Waals surface area (Å²) >= 11 is 7.86. The van der Waals surface area contributed by atoms with Crippen LogP contribution in [0.15, 0.2) is 82.7 Å². The van der Waals surface area contributed by atoms with Crippen molar-refractivity contribution in [3.05, 3.63) is 83.9 Å². The summed E-state index contributed by atoms with van der Waals surface area (Å²) in [5.74, 6) is 0. The molecule has 7 heteroatoms. The second-order valence-corrected chi connectivity index (χ2v) is 10.1. The van der Waals surface area contributed by atoms with Crippen LogP contribution in [-0.2, 0) is 6.42 Å². The lowest BCUT2D eigenvalue weighted by Crippen LogP contribution is -2.06. The molecule has 1 aliphatic rings. The van der Waals surface area contributed by atoms with Crippen LogP contribution in [0.1, 0.15) is 16.4 Å². The average molecular weight is 463 g/mol. The van der Waals surface area contributed by atoms with Gasteiger partial charge in [0.2, 0.25) is 0 Å². The smallest absolute Gasteiger partial charge is 0.183 e. The van der Waals surface area contributed by atoms with Gasteiger partial charge in [0.15, 0.2) is 10.3 Å². The fourth-order valence-electron chi connectivity index (χ4n) is 3.47. The number of amidine groups is 1. The number of hydrogen-bond donors (Lipinski definition) is 3. The maximum absolute atomic E-state index is 4.67. The topological polar surface area (TPSA) is 49.3 Å². The highest BCUT2D eigenvalue weighted by Gasteiger charge is 2.21. The SMILES string of the molecule is Sc1ccc2nc(NCCc3ccc(NC4=NCC(c5ccccc5)S4)cc3)sc2c1. The molecule has 0 saturated heterocycles. The van der Waals surface area contributed by atoms with Crippen LogP contribution in [0.5, 0.6) is 0 Å². The van der Waals surface area contributed by atoms with Gasteiger partial charge in [-0.3, -0.25) is 4.99 Å². The summed E-state index contributed by atoms with van der Waals surface area (Å²) in [4.78, 5) is 10.3. The molecule has 1 aliphatic heterocycles. The first-order valence-electron chi connectivity index (χ1n) is 10.2. The Hall–Kier alpha value is -2.48. The third-order valence-corrected chi connectivity index (χ3v) is 7.51. The summed E-state index contributed by atoms with van der Waals surface area (Å²) in [6.07, 6.45) is 0.944. The Morgan fingerprint density at radius 3 is 2.68 bits per heavy atom. The highest BCUT2D eigenvalue weighted by molar-refractivity contribution is 8.14. The number of anilines is 2. The van der Waals surface area contributed by atoms with Crippen LogP contribution >= 0.6 is 35.7 Å². The molecule has 3 aromatic carbocycles. The minimum absolute atomic E-state index is 0.399. The van der Waals surface area contributed by atoms with Crippen molar-refractivity contribution in [3.63, 3.8) is 0 Å². The van der Waals surface area contributed by atoms with E-state index in [1.54, 1.807) is 23.1 Å². The number of nitrogens with zero attached hydrogens (tertiary/aromatic N) is 2. The molecule has 0 fully saturated rings. The standard InChI is InChI=1S/C24H22N4S3/c29-19-10-11-20-21(14-19)30-23(28-20)25-13-12-16-6-8-18(9-7-16)27-24-26-15-22(31-24)17-4-2-1-3-5-17/h1-11,14,22,29H,12-13,15H2,(H,25,28)(H,26,27). The number of aliphatic imine (C=N–C) groups is 1. The van der Waals surface area contributed by atoms with Crippen molar-refractivity contribution in [2.45, 2.75) is 16.6 Å². The summed E-state index contributed by atoms with van der Waals surface area (Å²) in [6.45, 7) is 1.67. The predicted molar refractivity (Wildman–Crippen MR) is 138 cm³/mol. The molecule has 1 aromatic heterocycles. The molecule has 4 aromatic rings. The number of aromatic nitrogens is 1. The van der Waals surface area contributed by atoms with Gasteiger partial charge in [0.05, 0.1) is 22.0 Å². The highest BCUT2D eigenvalue weighted by Crippen LogP contribution is 2.35. The molecule has 1 unspecified atom stereocenters. The van der Waals surface area contributed by atoms with Gasteiger partial charge >= 0.3 is 0 Å². The molecule has 2 heterocycles. The maximum Gasteiger partial charge on any atom is 0.183 e. The monoisotopic (exact) mass is 462 g/mol. The van der Waals surface area contributed by atoms with Crippen LogP contribution in [0.25, 0.3) is 10.2 Å². The van der Waals surface area contributed by atoms with Crippen LogP contribution in [0.4, 0.5) is 10.8 Å². The van der Waals surface area contributed by atoms with Gasteiger partial charge in [-0.15, -0.1) is 12.6 Å². The highest BCUT2D eigenvalue weighted by atomic mass is 32.2. The van der Waals surface area contributed by atoms with Crippen LogP contribution < -0.4 is 10.6 Å². The number of thiol groups is 1. The Morgan fingerprint density at radius 2 is 1.84 bits per heavy atom. The van der Waals surface area contributed by atoms with Gasteiger partial charge in [-0.25, -0.2) is 4.98 Å². The van der Waals surface area contributed by atoms with Gasteiger partial charge in [0.1, 0.15) is 0 Å². The van der Waals surface area contributed by atoms with E-state index in [1.807, 2.05) is 12.1 Å². The van der Waals surface area contributed by atoms with Crippen molar-refractivity contribution < 1.29 is 0 Å².